The first kappa shape index (κ1) is 18.2. The Balaban J connectivity index is 1.70. The van der Waals surface area contributed by atoms with Gasteiger partial charge < -0.3 is 5.32 Å². The lowest BCUT2D eigenvalue weighted by atomic mass is 10.0. The molecule has 3 rings (SSSR count). The SMILES string of the molecule is Cc1ccccc1C(C)NC(=O)CSc1nc2ccccc2c(=O)n1C. The summed E-state index contributed by atoms with van der Waals surface area (Å²) in [6.45, 7) is 4.00. The molecule has 2 aromatic carbocycles. The molecule has 5 nitrogen and oxygen atoms in total. The number of carbonyl (C=O) groups is 1. The maximum absolute atomic E-state index is 12.4. The summed E-state index contributed by atoms with van der Waals surface area (Å²) in [7, 11) is 1.68. The minimum atomic E-state index is -0.105. The van der Waals surface area contributed by atoms with Crippen LogP contribution in [0.4, 0.5) is 0 Å². The van der Waals surface area contributed by atoms with E-state index in [1.54, 1.807) is 19.2 Å². The molecule has 0 saturated carbocycles. The molecule has 0 saturated heterocycles. The maximum atomic E-state index is 12.4. The minimum absolute atomic E-state index is 0.0716. The highest BCUT2D eigenvalue weighted by Crippen LogP contribution is 2.19. The summed E-state index contributed by atoms with van der Waals surface area (Å²) in [6.07, 6.45) is 0. The highest BCUT2D eigenvalue weighted by atomic mass is 32.2. The number of amides is 1. The number of aromatic nitrogens is 2. The molecule has 1 aromatic heterocycles. The van der Waals surface area contributed by atoms with Crippen LogP contribution in [0.15, 0.2) is 58.5 Å². The van der Waals surface area contributed by atoms with Crippen LogP contribution in [0.1, 0.15) is 24.1 Å². The summed E-state index contributed by atoms with van der Waals surface area (Å²) in [6, 6.07) is 15.2. The molecule has 134 valence electrons. The molecular weight excluding hydrogens is 346 g/mol. The number of aryl methyl sites for hydroxylation is 1. The van der Waals surface area contributed by atoms with Crippen LogP contribution in [0, 0.1) is 6.92 Å². The van der Waals surface area contributed by atoms with Gasteiger partial charge in [-0.1, -0.05) is 48.2 Å². The smallest absolute Gasteiger partial charge is 0.261 e. The van der Waals surface area contributed by atoms with Gasteiger partial charge in [-0.3, -0.25) is 14.2 Å². The Morgan fingerprint density at radius 1 is 1.19 bits per heavy atom. The van der Waals surface area contributed by atoms with Gasteiger partial charge in [-0.15, -0.1) is 0 Å². The van der Waals surface area contributed by atoms with Gasteiger partial charge in [0.25, 0.3) is 5.56 Å². The van der Waals surface area contributed by atoms with Crippen LogP contribution in [-0.2, 0) is 11.8 Å². The largest absolute Gasteiger partial charge is 0.349 e. The van der Waals surface area contributed by atoms with Crippen LogP contribution >= 0.6 is 11.8 Å². The van der Waals surface area contributed by atoms with Gasteiger partial charge in [0.15, 0.2) is 5.16 Å². The number of fused-ring (bicyclic) bond motifs is 1. The van der Waals surface area contributed by atoms with E-state index in [1.807, 2.05) is 50.2 Å². The van der Waals surface area contributed by atoms with E-state index in [9.17, 15) is 9.59 Å². The van der Waals surface area contributed by atoms with Gasteiger partial charge in [0, 0.05) is 7.05 Å². The molecule has 1 amide bonds. The van der Waals surface area contributed by atoms with Crippen molar-refractivity contribution in [3.05, 3.63) is 70.0 Å². The second-order valence-corrected chi connectivity index (χ2v) is 7.15. The van der Waals surface area contributed by atoms with Gasteiger partial charge >= 0.3 is 0 Å². The Morgan fingerprint density at radius 2 is 1.88 bits per heavy atom. The normalized spacial score (nSPS) is 12.1. The van der Waals surface area contributed by atoms with E-state index in [-0.39, 0.29) is 23.3 Å². The van der Waals surface area contributed by atoms with Gasteiger partial charge in [-0.2, -0.15) is 0 Å². The van der Waals surface area contributed by atoms with Crippen LogP contribution in [0.3, 0.4) is 0 Å². The number of nitrogens with zero attached hydrogens (tertiary/aromatic N) is 2. The lowest BCUT2D eigenvalue weighted by Crippen LogP contribution is -2.29. The second-order valence-electron chi connectivity index (χ2n) is 6.21. The van der Waals surface area contributed by atoms with Crippen LogP contribution in [0.25, 0.3) is 10.9 Å². The Morgan fingerprint density at radius 3 is 2.65 bits per heavy atom. The van der Waals surface area contributed by atoms with Crippen LogP contribution < -0.4 is 10.9 Å². The molecule has 6 heteroatoms. The quantitative estimate of drug-likeness (QED) is 0.556. The molecule has 3 aromatic rings. The standard InChI is InChI=1S/C20H21N3O2S/c1-13-8-4-5-9-15(13)14(2)21-18(24)12-26-20-22-17-11-7-6-10-16(17)19(25)23(20)3/h4-11,14H,12H2,1-3H3,(H,21,24). The summed E-state index contributed by atoms with van der Waals surface area (Å²) in [5.41, 5.74) is 2.78. The Hall–Kier alpha value is -2.60. The zero-order chi connectivity index (χ0) is 18.7. The molecule has 0 aliphatic rings. The first-order chi connectivity index (χ1) is 12.5. The van der Waals surface area contributed by atoms with Crippen molar-refractivity contribution in [1.29, 1.82) is 0 Å². The monoisotopic (exact) mass is 367 g/mol. The van der Waals surface area contributed by atoms with Gasteiger partial charge in [0.05, 0.1) is 22.7 Å². The number of para-hydroxylation sites is 1. The first-order valence-corrected chi connectivity index (χ1v) is 9.39. The number of hydrogen-bond acceptors (Lipinski definition) is 4. The highest BCUT2D eigenvalue weighted by Gasteiger charge is 2.14. The molecule has 0 radical (unpaired) electrons. The summed E-state index contributed by atoms with van der Waals surface area (Å²) in [4.78, 5) is 29.2. The fraction of sp³-hybridized carbons (Fsp3) is 0.250. The maximum Gasteiger partial charge on any atom is 0.261 e. The van der Waals surface area contributed by atoms with Crippen molar-refractivity contribution in [3.8, 4) is 0 Å². The van der Waals surface area contributed by atoms with E-state index in [4.69, 9.17) is 0 Å². The molecule has 0 aliphatic heterocycles. The van der Waals surface area contributed by atoms with Crippen molar-refractivity contribution in [1.82, 2.24) is 14.9 Å². The van der Waals surface area contributed by atoms with E-state index in [0.717, 1.165) is 11.1 Å². The van der Waals surface area contributed by atoms with E-state index >= 15 is 0 Å². The molecule has 1 atom stereocenters. The average molecular weight is 367 g/mol. The van der Waals surface area contributed by atoms with Crippen molar-refractivity contribution in [2.24, 2.45) is 7.05 Å². The first-order valence-electron chi connectivity index (χ1n) is 8.41. The van der Waals surface area contributed by atoms with E-state index in [1.165, 1.54) is 16.3 Å². The van der Waals surface area contributed by atoms with Gasteiger partial charge in [0.2, 0.25) is 5.91 Å². The molecule has 0 spiro atoms. The van der Waals surface area contributed by atoms with Crippen molar-refractivity contribution in [2.45, 2.75) is 25.0 Å². The topological polar surface area (TPSA) is 64.0 Å². The second kappa shape index (κ2) is 7.74. The Bertz CT molecular complexity index is 1010. The number of benzene rings is 2. The molecule has 0 fully saturated rings. The molecule has 26 heavy (non-hydrogen) atoms. The summed E-state index contributed by atoms with van der Waals surface area (Å²) in [5.74, 6) is 0.114. The predicted molar refractivity (Wildman–Crippen MR) is 105 cm³/mol. The van der Waals surface area contributed by atoms with Crippen molar-refractivity contribution >= 4 is 28.6 Å². The van der Waals surface area contributed by atoms with E-state index in [0.29, 0.717) is 16.1 Å². The number of carbonyl (C=O) groups excluding carboxylic acids is 1. The van der Waals surface area contributed by atoms with Crippen LogP contribution in [0.2, 0.25) is 0 Å². The number of nitrogens with one attached hydrogen (secondary N) is 1. The van der Waals surface area contributed by atoms with E-state index < -0.39 is 0 Å². The fourth-order valence-electron chi connectivity index (χ4n) is 2.89. The molecule has 1 heterocycles. The fourth-order valence-corrected chi connectivity index (χ4v) is 3.67. The lowest BCUT2D eigenvalue weighted by Gasteiger charge is -2.16. The third kappa shape index (κ3) is 3.80. The summed E-state index contributed by atoms with van der Waals surface area (Å²) in [5, 5.41) is 4.12. The lowest BCUT2D eigenvalue weighted by molar-refractivity contribution is -0.119. The molecule has 1 unspecified atom stereocenters. The molecular formula is C20H21N3O2S. The molecule has 0 bridgehead atoms. The van der Waals surface area contributed by atoms with Gasteiger partial charge in [-0.05, 0) is 37.1 Å². The minimum Gasteiger partial charge on any atom is -0.349 e. The number of thioether (sulfide) groups is 1. The average Bonchev–Trinajstić information content (AvgIpc) is 2.64. The van der Waals surface area contributed by atoms with Gasteiger partial charge in [0.1, 0.15) is 0 Å². The Kier molecular flexibility index (Phi) is 5.42. The highest BCUT2D eigenvalue weighted by molar-refractivity contribution is 7.99. The van der Waals surface area contributed by atoms with Crippen molar-refractivity contribution in [2.75, 3.05) is 5.75 Å². The third-order valence-electron chi connectivity index (χ3n) is 4.31. The zero-order valence-electron chi connectivity index (χ0n) is 15.0. The Labute approximate surface area is 156 Å². The third-order valence-corrected chi connectivity index (χ3v) is 5.34. The predicted octanol–water partition coefficient (Wildman–Crippen LogP) is 3.21. The van der Waals surface area contributed by atoms with Gasteiger partial charge in [-0.25, -0.2) is 4.98 Å². The number of hydrogen-bond donors (Lipinski definition) is 1. The van der Waals surface area contributed by atoms with Crippen molar-refractivity contribution in [3.63, 3.8) is 0 Å². The van der Waals surface area contributed by atoms with Crippen LogP contribution in [0.5, 0.6) is 0 Å². The zero-order valence-corrected chi connectivity index (χ0v) is 15.8. The summed E-state index contributed by atoms with van der Waals surface area (Å²) >= 11 is 1.27. The number of rotatable bonds is 5. The molecule has 1 N–H and O–H groups in total. The summed E-state index contributed by atoms with van der Waals surface area (Å²) < 4.78 is 1.49. The van der Waals surface area contributed by atoms with E-state index in [2.05, 4.69) is 10.3 Å². The molecule has 0 aliphatic carbocycles. The van der Waals surface area contributed by atoms with Crippen molar-refractivity contribution < 1.29 is 4.79 Å². The van der Waals surface area contributed by atoms with Crippen LogP contribution in [-0.4, -0.2) is 21.2 Å².